The van der Waals surface area contributed by atoms with E-state index in [9.17, 15) is 4.79 Å². The lowest BCUT2D eigenvalue weighted by molar-refractivity contribution is -0.113. The molecular formula is C21H25ClN6O2S. The van der Waals surface area contributed by atoms with Gasteiger partial charge in [-0.3, -0.25) is 9.36 Å². The van der Waals surface area contributed by atoms with E-state index in [4.69, 9.17) is 16.0 Å². The van der Waals surface area contributed by atoms with Crippen LogP contribution >= 0.6 is 23.4 Å². The van der Waals surface area contributed by atoms with Crippen molar-refractivity contribution >= 4 is 40.6 Å². The van der Waals surface area contributed by atoms with Crippen molar-refractivity contribution in [3.05, 3.63) is 41.6 Å². The average molecular weight is 461 g/mol. The van der Waals surface area contributed by atoms with Crippen molar-refractivity contribution < 1.29 is 9.21 Å². The average Bonchev–Trinajstić information content (AvgIpc) is 3.42. The molecule has 0 atom stereocenters. The second kappa shape index (κ2) is 9.76. The molecule has 0 aliphatic carbocycles. The van der Waals surface area contributed by atoms with E-state index in [1.165, 1.54) is 11.8 Å². The van der Waals surface area contributed by atoms with E-state index in [1.807, 2.05) is 35.8 Å². The first-order chi connectivity index (χ1) is 15.0. The smallest absolute Gasteiger partial charge is 0.234 e. The summed E-state index contributed by atoms with van der Waals surface area (Å²) in [6.45, 7) is 6.46. The molecule has 0 unspecified atom stereocenters. The fourth-order valence-corrected chi connectivity index (χ4v) is 4.49. The van der Waals surface area contributed by atoms with Crippen molar-refractivity contribution in [3.63, 3.8) is 0 Å². The summed E-state index contributed by atoms with van der Waals surface area (Å²) in [5.74, 6) is 1.40. The van der Waals surface area contributed by atoms with Crippen molar-refractivity contribution in [2.45, 2.75) is 18.6 Å². The van der Waals surface area contributed by atoms with Crippen molar-refractivity contribution in [1.29, 1.82) is 0 Å². The Balaban J connectivity index is 1.43. The predicted octanol–water partition coefficient (Wildman–Crippen LogP) is 3.69. The quantitative estimate of drug-likeness (QED) is 0.538. The van der Waals surface area contributed by atoms with Gasteiger partial charge in [-0.2, -0.15) is 0 Å². The Labute approximate surface area is 190 Å². The van der Waals surface area contributed by atoms with Gasteiger partial charge in [-0.15, -0.1) is 10.2 Å². The first-order valence-electron chi connectivity index (χ1n) is 10.2. The van der Waals surface area contributed by atoms with Crippen LogP contribution in [0.2, 0.25) is 5.02 Å². The maximum Gasteiger partial charge on any atom is 0.234 e. The van der Waals surface area contributed by atoms with Gasteiger partial charge < -0.3 is 19.5 Å². The molecule has 3 aromatic rings. The van der Waals surface area contributed by atoms with E-state index in [0.29, 0.717) is 28.3 Å². The Morgan fingerprint density at radius 2 is 2.03 bits per heavy atom. The van der Waals surface area contributed by atoms with E-state index >= 15 is 0 Å². The zero-order valence-electron chi connectivity index (χ0n) is 17.5. The molecule has 4 rings (SSSR count). The van der Waals surface area contributed by atoms with Crippen LogP contribution in [0.25, 0.3) is 11.6 Å². The molecule has 1 aromatic carbocycles. The van der Waals surface area contributed by atoms with Crippen LogP contribution in [-0.4, -0.2) is 64.6 Å². The minimum atomic E-state index is -0.118. The number of thioether (sulfide) groups is 1. The third kappa shape index (κ3) is 5.06. The molecule has 3 heterocycles. The fourth-order valence-electron chi connectivity index (χ4n) is 3.52. The molecular weight excluding hydrogens is 436 g/mol. The standard InChI is InChI=1S/C21H25ClN6O2S/c1-3-28-20(18-5-4-12-30-18)24-25-21(28)31-14-19(29)23-16-13-15(22)6-7-17(16)27-10-8-26(2)9-11-27/h4-7,12-13H,3,8-11,14H2,1-2H3,(H,23,29). The molecule has 0 spiro atoms. The molecule has 1 amide bonds. The largest absolute Gasteiger partial charge is 0.461 e. The number of piperazine rings is 1. The third-order valence-corrected chi connectivity index (χ3v) is 6.39. The number of likely N-dealkylation sites (N-methyl/N-ethyl adjacent to an activating group) is 1. The van der Waals surface area contributed by atoms with Crippen LogP contribution in [-0.2, 0) is 11.3 Å². The Bertz CT molecular complexity index is 1030. The van der Waals surface area contributed by atoms with Crippen LogP contribution < -0.4 is 10.2 Å². The van der Waals surface area contributed by atoms with Crippen LogP contribution in [0.15, 0.2) is 46.2 Å². The number of hydrogen-bond acceptors (Lipinski definition) is 7. The second-order valence-electron chi connectivity index (χ2n) is 7.32. The van der Waals surface area contributed by atoms with Crippen LogP contribution in [0.4, 0.5) is 11.4 Å². The molecule has 1 N–H and O–H groups in total. The molecule has 1 aliphatic rings. The molecule has 8 nitrogen and oxygen atoms in total. The zero-order valence-corrected chi connectivity index (χ0v) is 19.1. The summed E-state index contributed by atoms with van der Waals surface area (Å²) in [7, 11) is 2.12. The number of hydrogen-bond donors (Lipinski definition) is 1. The van der Waals surface area contributed by atoms with Gasteiger partial charge in [0.25, 0.3) is 0 Å². The number of halogens is 1. The first kappa shape index (κ1) is 21.7. The Morgan fingerprint density at radius 1 is 1.23 bits per heavy atom. The Morgan fingerprint density at radius 3 is 2.74 bits per heavy atom. The summed E-state index contributed by atoms with van der Waals surface area (Å²) in [5.41, 5.74) is 1.73. The molecule has 0 bridgehead atoms. The maximum absolute atomic E-state index is 12.7. The lowest BCUT2D eigenvalue weighted by Gasteiger charge is -2.35. The number of amides is 1. The highest BCUT2D eigenvalue weighted by Crippen LogP contribution is 2.31. The molecule has 164 valence electrons. The normalized spacial score (nSPS) is 14.7. The summed E-state index contributed by atoms with van der Waals surface area (Å²) in [5, 5.41) is 12.8. The monoisotopic (exact) mass is 460 g/mol. The highest BCUT2D eigenvalue weighted by Gasteiger charge is 2.20. The maximum atomic E-state index is 12.7. The van der Waals surface area contributed by atoms with Crippen LogP contribution in [0.1, 0.15) is 6.92 Å². The molecule has 10 heteroatoms. The third-order valence-electron chi connectivity index (χ3n) is 5.18. The van der Waals surface area contributed by atoms with Crippen molar-refractivity contribution in [1.82, 2.24) is 19.7 Å². The number of aromatic nitrogens is 3. The number of nitrogens with one attached hydrogen (secondary N) is 1. The Kier molecular flexibility index (Phi) is 6.84. The molecule has 31 heavy (non-hydrogen) atoms. The summed E-state index contributed by atoms with van der Waals surface area (Å²) in [6.07, 6.45) is 1.60. The lowest BCUT2D eigenvalue weighted by atomic mass is 10.2. The molecule has 1 fully saturated rings. The SMILES string of the molecule is CCn1c(SCC(=O)Nc2cc(Cl)ccc2N2CCN(C)CC2)nnc1-c1ccco1. The number of nitrogens with zero attached hydrogens (tertiary/aromatic N) is 5. The van der Waals surface area contributed by atoms with Crippen LogP contribution in [0.5, 0.6) is 0 Å². The van der Waals surface area contributed by atoms with E-state index in [2.05, 4.69) is 32.4 Å². The van der Waals surface area contributed by atoms with Gasteiger partial charge >= 0.3 is 0 Å². The summed E-state index contributed by atoms with van der Waals surface area (Å²) >= 11 is 7.56. The minimum absolute atomic E-state index is 0.118. The van der Waals surface area contributed by atoms with Crippen LogP contribution in [0, 0.1) is 0 Å². The summed E-state index contributed by atoms with van der Waals surface area (Å²) < 4.78 is 7.37. The van der Waals surface area contributed by atoms with Gasteiger partial charge in [-0.1, -0.05) is 23.4 Å². The number of anilines is 2. The van der Waals surface area contributed by atoms with Gasteiger partial charge in [-0.25, -0.2) is 0 Å². The van der Waals surface area contributed by atoms with Crippen LogP contribution in [0.3, 0.4) is 0 Å². The van der Waals surface area contributed by atoms with Gasteiger partial charge in [0.15, 0.2) is 16.7 Å². The number of rotatable bonds is 7. The van der Waals surface area contributed by atoms with E-state index < -0.39 is 0 Å². The highest BCUT2D eigenvalue weighted by molar-refractivity contribution is 7.99. The summed E-state index contributed by atoms with van der Waals surface area (Å²) in [4.78, 5) is 17.3. The topological polar surface area (TPSA) is 79.4 Å². The van der Waals surface area contributed by atoms with Crippen molar-refractivity contribution in [2.75, 3.05) is 49.2 Å². The molecule has 2 aromatic heterocycles. The number of carbonyl (C=O) groups is 1. The van der Waals surface area contributed by atoms with E-state index in [0.717, 1.165) is 37.6 Å². The van der Waals surface area contributed by atoms with Gasteiger partial charge in [0, 0.05) is 37.7 Å². The van der Waals surface area contributed by atoms with Gasteiger partial charge in [0.1, 0.15) is 0 Å². The summed E-state index contributed by atoms with van der Waals surface area (Å²) in [6, 6.07) is 9.30. The van der Waals surface area contributed by atoms with E-state index in [-0.39, 0.29) is 11.7 Å². The highest BCUT2D eigenvalue weighted by atomic mass is 35.5. The first-order valence-corrected chi connectivity index (χ1v) is 11.5. The molecule has 0 radical (unpaired) electrons. The number of benzene rings is 1. The Hall–Kier alpha value is -2.49. The van der Waals surface area contributed by atoms with Crippen molar-refractivity contribution in [3.8, 4) is 11.6 Å². The number of carbonyl (C=O) groups excluding carboxylic acids is 1. The predicted molar refractivity (Wildman–Crippen MR) is 124 cm³/mol. The molecule has 0 saturated carbocycles. The molecule has 1 saturated heterocycles. The minimum Gasteiger partial charge on any atom is -0.461 e. The fraction of sp³-hybridized carbons (Fsp3) is 0.381. The van der Waals surface area contributed by atoms with Gasteiger partial charge in [0.05, 0.1) is 23.4 Å². The van der Waals surface area contributed by atoms with E-state index in [1.54, 1.807) is 12.3 Å². The van der Waals surface area contributed by atoms with Gasteiger partial charge in [-0.05, 0) is 44.3 Å². The lowest BCUT2D eigenvalue weighted by Crippen LogP contribution is -2.44. The second-order valence-corrected chi connectivity index (χ2v) is 8.70. The zero-order chi connectivity index (χ0) is 21.8. The van der Waals surface area contributed by atoms with Crippen molar-refractivity contribution in [2.24, 2.45) is 0 Å². The van der Waals surface area contributed by atoms with Gasteiger partial charge in [0.2, 0.25) is 5.91 Å². The number of furan rings is 1. The molecule has 1 aliphatic heterocycles.